The van der Waals surface area contributed by atoms with Gasteiger partial charge in [0.15, 0.2) is 0 Å². The largest absolute Gasteiger partial charge is 0.399 e. The Bertz CT molecular complexity index is 544. The number of amides is 3. The highest BCUT2D eigenvalue weighted by atomic mass is 16.2. The number of benzene rings is 1. The van der Waals surface area contributed by atoms with E-state index >= 15 is 0 Å². The zero-order chi connectivity index (χ0) is 15.4. The van der Waals surface area contributed by atoms with Gasteiger partial charge in [-0.05, 0) is 43.9 Å². The van der Waals surface area contributed by atoms with Gasteiger partial charge in [-0.25, -0.2) is 4.79 Å². The molecule has 2 rings (SSSR count). The molecule has 6 heteroatoms. The molecule has 1 atom stereocenters. The van der Waals surface area contributed by atoms with Crippen LogP contribution >= 0.6 is 0 Å². The molecule has 1 aliphatic heterocycles. The fourth-order valence-electron chi connectivity index (χ4n) is 2.72. The number of nitrogens with two attached hydrogens (primary N) is 2. The first-order chi connectivity index (χ1) is 9.99. The van der Waals surface area contributed by atoms with Crippen molar-refractivity contribution in [2.45, 2.75) is 32.2 Å². The van der Waals surface area contributed by atoms with Gasteiger partial charge >= 0.3 is 6.03 Å². The third-order valence-electron chi connectivity index (χ3n) is 3.89. The minimum absolute atomic E-state index is 0.0143. The molecular formula is C15H22N4O2. The average molecular weight is 290 g/mol. The van der Waals surface area contributed by atoms with Gasteiger partial charge in [-0.1, -0.05) is 6.07 Å². The predicted molar refractivity (Wildman–Crippen MR) is 81.9 cm³/mol. The molecule has 1 aliphatic rings. The van der Waals surface area contributed by atoms with E-state index in [4.69, 9.17) is 11.5 Å². The van der Waals surface area contributed by atoms with Crippen LogP contribution in [0.25, 0.3) is 0 Å². The molecule has 6 nitrogen and oxygen atoms in total. The van der Waals surface area contributed by atoms with E-state index in [-0.39, 0.29) is 11.9 Å². The molecule has 114 valence electrons. The van der Waals surface area contributed by atoms with Crippen molar-refractivity contribution in [3.63, 3.8) is 0 Å². The molecular weight excluding hydrogens is 268 g/mol. The minimum Gasteiger partial charge on any atom is -0.399 e. The number of primary amides is 1. The highest BCUT2D eigenvalue weighted by Gasteiger charge is 2.28. The van der Waals surface area contributed by atoms with Crippen molar-refractivity contribution in [1.29, 1.82) is 0 Å². The Balaban J connectivity index is 2.18. The zero-order valence-corrected chi connectivity index (χ0v) is 12.3. The van der Waals surface area contributed by atoms with E-state index < -0.39 is 6.03 Å². The van der Waals surface area contributed by atoms with Gasteiger partial charge in [0.2, 0.25) is 0 Å². The van der Waals surface area contributed by atoms with Gasteiger partial charge in [0, 0.05) is 30.4 Å². The number of nitrogen functional groups attached to an aromatic ring is 1. The van der Waals surface area contributed by atoms with Gasteiger partial charge in [-0.2, -0.15) is 0 Å². The second-order valence-electron chi connectivity index (χ2n) is 5.47. The summed E-state index contributed by atoms with van der Waals surface area (Å²) in [7, 11) is 0. The van der Waals surface area contributed by atoms with Crippen LogP contribution < -0.4 is 16.8 Å². The van der Waals surface area contributed by atoms with Gasteiger partial charge in [0.1, 0.15) is 0 Å². The van der Waals surface area contributed by atoms with Crippen LogP contribution in [-0.4, -0.2) is 36.0 Å². The summed E-state index contributed by atoms with van der Waals surface area (Å²) in [6.45, 7) is 2.98. The molecule has 3 amide bonds. The third-order valence-corrected chi connectivity index (χ3v) is 3.89. The van der Waals surface area contributed by atoms with Crippen molar-refractivity contribution in [3.05, 3.63) is 29.3 Å². The van der Waals surface area contributed by atoms with E-state index in [0.29, 0.717) is 24.3 Å². The lowest BCUT2D eigenvalue weighted by Gasteiger charge is -2.36. The smallest absolute Gasteiger partial charge is 0.312 e. The van der Waals surface area contributed by atoms with E-state index in [9.17, 15) is 9.59 Å². The number of carbonyl (C=O) groups excluding carboxylic acids is 2. The Morgan fingerprint density at radius 1 is 1.38 bits per heavy atom. The number of anilines is 1. The predicted octanol–water partition coefficient (Wildman–Crippen LogP) is 1.24. The van der Waals surface area contributed by atoms with E-state index in [1.54, 1.807) is 12.1 Å². The van der Waals surface area contributed by atoms with Crippen LogP contribution in [0.15, 0.2) is 18.2 Å². The van der Waals surface area contributed by atoms with Gasteiger partial charge in [0.25, 0.3) is 5.91 Å². The fourth-order valence-corrected chi connectivity index (χ4v) is 2.72. The van der Waals surface area contributed by atoms with Crippen LogP contribution in [0.2, 0.25) is 0 Å². The number of hydrogen-bond acceptors (Lipinski definition) is 3. The molecule has 21 heavy (non-hydrogen) atoms. The summed E-state index contributed by atoms with van der Waals surface area (Å²) in [5.41, 5.74) is 13.0. The summed E-state index contributed by atoms with van der Waals surface area (Å²) in [4.78, 5) is 25.5. The third kappa shape index (κ3) is 3.65. The van der Waals surface area contributed by atoms with E-state index in [1.165, 1.54) is 0 Å². The van der Waals surface area contributed by atoms with E-state index in [0.717, 1.165) is 24.8 Å². The first-order valence-electron chi connectivity index (χ1n) is 7.19. The van der Waals surface area contributed by atoms with Gasteiger partial charge in [-0.15, -0.1) is 0 Å². The molecule has 0 spiro atoms. The molecule has 1 saturated heterocycles. The minimum atomic E-state index is -0.562. The second-order valence-corrected chi connectivity index (χ2v) is 5.47. The van der Waals surface area contributed by atoms with Crippen molar-refractivity contribution in [1.82, 2.24) is 10.2 Å². The van der Waals surface area contributed by atoms with E-state index in [2.05, 4.69) is 5.32 Å². The summed E-state index contributed by atoms with van der Waals surface area (Å²) in [5, 5.41) is 2.60. The van der Waals surface area contributed by atoms with Crippen molar-refractivity contribution in [2.24, 2.45) is 5.73 Å². The van der Waals surface area contributed by atoms with Gasteiger partial charge in [-0.3, -0.25) is 4.79 Å². The number of aryl methyl sites for hydroxylation is 1. The number of nitrogens with one attached hydrogen (secondary N) is 1. The van der Waals surface area contributed by atoms with E-state index in [1.807, 2.05) is 17.9 Å². The molecule has 0 saturated carbocycles. The van der Waals surface area contributed by atoms with Crippen molar-refractivity contribution in [2.75, 3.05) is 18.8 Å². The lowest BCUT2D eigenvalue weighted by Crippen LogP contribution is -2.50. The monoisotopic (exact) mass is 290 g/mol. The lowest BCUT2D eigenvalue weighted by atomic mass is 9.99. The fraction of sp³-hybridized carbons (Fsp3) is 0.467. The Hall–Kier alpha value is -2.24. The highest BCUT2D eigenvalue weighted by molar-refractivity contribution is 5.96. The van der Waals surface area contributed by atoms with Crippen LogP contribution in [0.3, 0.4) is 0 Å². The Morgan fingerprint density at radius 3 is 2.86 bits per heavy atom. The van der Waals surface area contributed by atoms with Crippen LogP contribution in [0.4, 0.5) is 10.5 Å². The first-order valence-corrected chi connectivity index (χ1v) is 7.19. The molecule has 0 bridgehead atoms. The normalized spacial score (nSPS) is 18.3. The summed E-state index contributed by atoms with van der Waals surface area (Å²) in [5.74, 6) is -0.0317. The van der Waals surface area contributed by atoms with Crippen LogP contribution in [0.1, 0.15) is 35.2 Å². The molecule has 0 radical (unpaired) electrons. The summed E-state index contributed by atoms with van der Waals surface area (Å²) in [6.07, 6.45) is 2.89. The van der Waals surface area contributed by atoms with Crippen LogP contribution in [0, 0.1) is 6.92 Å². The maximum absolute atomic E-state index is 12.8. The number of piperidine rings is 1. The average Bonchev–Trinajstić information content (AvgIpc) is 2.47. The molecule has 1 aromatic carbocycles. The zero-order valence-electron chi connectivity index (χ0n) is 12.3. The van der Waals surface area contributed by atoms with Crippen LogP contribution in [0.5, 0.6) is 0 Å². The molecule has 0 aliphatic carbocycles. The first kappa shape index (κ1) is 15.2. The van der Waals surface area contributed by atoms with Crippen molar-refractivity contribution >= 4 is 17.6 Å². The van der Waals surface area contributed by atoms with Gasteiger partial charge < -0.3 is 21.7 Å². The molecule has 1 aromatic rings. The molecule has 1 unspecified atom stereocenters. The quantitative estimate of drug-likeness (QED) is 0.730. The number of carbonyl (C=O) groups is 2. The molecule has 5 N–H and O–H groups in total. The molecule has 0 aromatic heterocycles. The second kappa shape index (κ2) is 6.47. The summed E-state index contributed by atoms with van der Waals surface area (Å²) in [6, 6.07) is 4.77. The lowest BCUT2D eigenvalue weighted by molar-refractivity contribution is 0.0614. The highest BCUT2D eigenvalue weighted by Crippen LogP contribution is 2.22. The molecule has 1 heterocycles. The maximum atomic E-state index is 12.8. The van der Waals surface area contributed by atoms with Crippen LogP contribution in [-0.2, 0) is 0 Å². The maximum Gasteiger partial charge on any atom is 0.312 e. The van der Waals surface area contributed by atoms with Crippen molar-refractivity contribution < 1.29 is 9.59 Å². The standard InChI is InChI=1S/C15H22N4O2/c1-10-5-6-11(16)8-13(10)14(20)19-7-3-2-4-12(19)9-18-15(17)21/h5-6,8,12H,2-4,7,9,16H2,1H3,(H3,17,18,21). The van der Waals surface area contributed by atoms with Gasteiger partial charge in [0.05, 0.1) is 0 Å². The molecule has 1 fully saturated rings. The number of likely N-dealkylation sites (tertiary alicyclic amines) is 1. The number of urea groups is 1. The summed E-state index contributed by atoms with van der Waals surface area (Å²) >= 11 is 0. The number of hydrogen-bond donors (Lipinski definition) is 3. The summed E-state index contributed by atoms with van der Waals surface area (Å²) < 4.78 is 0. The van der Waals surface area contributed by atoms with Crippen molar-refractivity contribution in [3.8, 4) is 0 Å². The Labute approximate surface area is 124 Å². The Morgan fingerprint density at radius 2 is 2.14 bits per heavy atom. The Kier molecular flexibility index (Phi) is 4.67. The number of nitrogens with zero attached hydrogens (tertiary/aromatic N) is 1. The number of rotatable bonds is 3. The topological polar surface area (TPSA) is 101 Å². The SMILES string of the molecule is Cc1ccc(N)cc1C(=O)N1CCCCC1CNC(N)=O.